The summed E-state index contributed by atoms with van der Waals surface area (Å²) in [5, 5.41) is 3.37. The summed E-state index contributed by atoms with van der Waals surface area (Å²) in [5.74, 6) is 1.43. The number of nitrogens with zero attached hydrogens (tertiary/aromatic N) is 1. The van der Waals surface area contributed by atoms with E-state index >= 15 is 0 Å². The van der Waals surface area contributed by atoms with Gasteiger partial charge in [-0.2, -0.15) is 0 Å². The van der Waals surface area contributed by atoms with Crippen LogP contribution in [0.3, 0.4) is 0 Å². The van der Waals surface area contributed by atoms with Gasteiger partial charge >= 0.3 is 6.03 Å². The first-order chi connectivity index (χ1) is 9.97. The lowest BCUT2D eigenvalue weighted by Crippen LogP contribution is -2.69. The molecule has 1 aliphatic heterocycles. The zero-order chi connectivity index (χ0) is 14.7. The second-order valence-electron chi connectivity index (χ2n) is 7.91. The number of carbonyl (C=O) groups is 1. The Bertz CT molecular complexity index is 510. The predicted molar refractivity (Wildman–Crippen MR) is 82.4 cm³/mol. The van der Waals surface area contributed by atoms with Crippen molar-refractivity contribution < 1.29 is 4.79 Å². The molecule has 0 spiro atoms. The zero-order valence-electron chi connectivity index (χ0n) is 12.7. The van der Waals surface area contributed by atoms with Crippen LogP contribution in [0.1, 0.15) is 45.4 Å². The number of rotatable bonds is 1. The van der Waals surface area contributed by atoms with E-state index in [2.05, 4.69) is 5.32 Å². The highest BCUT2D eigenvalue weighted by atomic mass is 16.2. The standard InChI is InChI=1S/C17H25N3O/c1-12-4-2-3-5-20(12)15(21)19-17-9-13-6-14(10-17)8-16(18,7-13)11-17/h2-5,12-14H,6-11,18H2,1H3,(H,19,21). The number of hydrogen-bond acceptors (Lipinski definition) is 2. The Morgan fingerprint density at radius 3 is 2.57 bits per heavy atom. The molecule has 5 rings (SSSR count). The molecule has 3 N–H and O–H groups in total. The molecule has 4 heteroatoms. The Balaban J connectivity index is 1.53. The first-order valence-electron chi connectivity index (χ1n) is 8.21. The van der Waals surface area contributed by atoms with Gasteiger partial charge in [0.1, 0.15) is 0 Å². The van der Waals surface area contributed by atoms with Crippen LogP contribution in [-0.4, -0.2) is 28.1 Å². The van der Waals surface area contributed by atoms with Gasteiger partial charge in [0.25, 0.3) is 0 Å². The number of nitrogens with one attached hydrogen (secondary N) is 1. The lowest BCUT2D eigenvalue weighted by atomic mass is 9.50. The van der Waals surface area contributed by atoms with Crippen LogP contribution in [0.2, 0.25) is 0 Å². The fourth-order valence-corrected chi connectivity index (χ4v) is 5.62. The van der Waals surface area contributed by atoms with Gasteiger partial charge < -0.3 is 11.1 Å². The summed E-state index contributed by atoms with van der Waals surface area (Å²) < 4.78 is 0. The van der Waals surface area contributed by atoms with E-state index in [0.29, 0.717) is 11.8 Å². The topological polar surface area (TPSA) is 58.4 Å². The minimum atomic E-state index is -0.0510. The van der Waals surface area contributed by atoms with Gasteiger partial charge in [-0.1, -0.05) is 12.2 Å². The molecule has 4 bridgehead atoms. The first kappa shape index (κ1) is 13.4. The van der Waals surface area contributed by atoms with E-state index in [0.717, 1.165) is 32.1 Å². The van der Waals surface area contributed by atoms with Crippen molar-refractivity contribution in [3.8, 4) is 0 Å². The van der Waals surface area contributed by atoms with Crippen molar-refractivity contribution >= 4 is 6.03 Å². The van der Waals surface area contributed by atoms with E-state index in [1.807, 2.05) is 31.4 Å². The Labute approximate surface area is 126 Å². The van der Waals surface area contributed by atoms with E-state index in [1.165, 1.54) is 6.42 Å². The number of carbonyl (C=O) groups excluding carboxylic acids is 1. The minimum Gasteiger partial charge on any atom is -0.332 e. The Kier molecular flexibility index (Phi) is 2.77. The number of hydrogen-bond donors (Lipinski definition) is 2. The summed E-state index contributed by atoms with van der Waals surface area (Å²) in [7, 11) is 0. The molecule has 0 saturated heterocycles. The lowest BCUT2D eigenvalue weighted by Gasteiger charge is -2.61. The molecule has 5 aliphatic rings. The highest BCUT2D eigenvalue weighted by molar-refractivity contribution is 5.77. The molecule has 0 aromatic rings. The molecule has 3 atom stereocenters. The van der Waals surface area contributed by atoms with Crippen LogP contribution in [0, 0.1) is 11.8 Å². The molecule has 4 saturated carbocycles. The van der Waals surface area contributed by atoms with E-state index in [4.69, 9.17) is 5.73 Å². The Morgan fingerprint density at radius 1 is 1.24 bits per heavy atom. The van der Waals surface area contributed by atoms with E-state index < -0.39 is 0 Å². The van der Waals surface area contributed by atoms with Crippen LogP contribution >= 0.6 is 0 Å². The fourth-order valence-electron chi connectivity index (χ4n) is 5.62. The average Bonchev–Trinajstić information content (AvgIpc) is 2.35. The van der Waals surface area contributed by atoms with Crippen LogP contribution in [0.5, 0.6) is 0 Å². The maximum Gasteiger partial charge on any atom is 0.322 e. The highest BCUT2D eigenvalue weighted by Gasteiger charge is 2.57. The minimum absolute atomic E-state index is 0.0272. The quantitative estimate of drug-likeness (QED) is 0.778. The number of amides is 2. The van der Waals surface area contributed by atoms with Gasteiger partial charge in [-0.15, -0.1) is 0 Å². The van der Waals surface area contributed by atoms with Gasteiger partial charge in [0, 0.05) is 17.3 Å². The van der Waals surface area contributed by atoms with Crippen LogP contribution in [0.25, 0.3) is 0 Å². The third-order valence-electron chi connectivity index (χ3n) is 5.90. The summed E-state index contributed by atoms with van der Waals surface area (Å²) in [5.41, 5.74) is 6.52. The third-order valence-corrected chi connectivity index (χ3v) is 5.90. The molecule has 0 aromatic carbocycles. The average molecular weight is 287 g/mol. The molecule has 2 amide bonds. The molecule has 4 fully saturated rings. The van der Waals surface area contributed by atoms with Gasteiger partial charge in [-0.3, -0.25) is 4.90 Å². The number of urea groups is 1. The molecule has 1 heterocycles. The molecule has 0 radical (unpaired) electrons. The maximum absolute atomic E-state index is 12.7. The van der Waals surface area contributed by atoms with E-state index in [9.17, 15) is 4.79 Å². The van der Waals surface area contributed by atoms with Gasteiger partial charge in [0.05, 0.1) is 6.04 Å². The fraction of sp³-hybridized carbons (Fsp3) is 0.706. The maximum atomic E-state index is 12.7. The van der Waals surface area contributed by atoms with Gasteiger partial charge in [-0.05, 0) is 63.4 Å². The summed E-state index contributed by atoms with van der Waals surface area (Å²) >= 11 is 0. The highest BCUT2D eigenvalue weighted by Crippen LogP contribution is 2.56. The summed E-state index contributed by atoms with van der Waals surface area (Å²) in [6.45, 7) is 2.05. The SMILES string of the molecule is CC1C=CC=CN1C(=O)NC12CC3CC(CC(N)(C3)C1)C2. The molecular weight excluding hydrogens is 262 g/mol. The second kappa shape index (κ2) is 4.35. The van der Waals surface area contributed by atoms with E-state index in [1.54, 1.807) is 4.90 Å². The summed E-state index contributed by atoms with van der Waals surface area (Å²) in [6.07, 6.45) is 14.7. The van der Waals surface area contributed by atoms with Crippen LogP contribution < -0.4 is 11.1 Å². The normalized spacial score (nSPS) is 47.0. The largest absolute Gasteiger partial charge is 0.332 e. The molecule has 21 heavy (non-hydrogen) atoms. The molecule has 0 aromatic heterocycles. The smallest absolute Gasteiger partial charge is 0.322 e. The van der Waals surface area contributed by atoms with Crippen molar-refractivity contribution in [2.75, 3.05) is 0 Å². The number of allylic oxidation sites excluding steroid dienone is 2. The van der Waals surface area contributed by atoms with Crippen molar-refractivity contribution in [2.45, 2.75) is 62.6 Å². The van der Waals surface area contributed by atoms with Crippen LogP contribution in [-0.2, 0) is 0 Å². The van der Waals surface area contributed by atoms with E-state index in [-0.39, 0.29) is 23.2 Å². The van der Waals surface area contributed by atoms with Crippen molar-refractivity contribution in [1.29, 1.82) is 0 Å². The first-order valence-corrected chi connectivity index (χ1v) is 8.21. The van der Waals surface area contributed by atoms with Crippen molar-refractivity contribution in [3.63, 3.8) is 0 Å². The predicted octanol–water partition coefficient (Wildman–Crippen LogP) is 2.52. The summed E-state index contributed by atoms with van der Waals surface area (Å²) in [4.78, 5) is 14.5. The van der Waals surface area contributed by atoms with Gasteiger partial charge in [0.15, 0.2) is 0 Å². The third kappa shape index (κ3) is 2.20. The number of nitrogens with two attached hydrogens (primary N) is 1. The molecule has 3 unspecified atom stereocenters. The monoisotopic (exact) mass is 287 g/mol. The molecule has 114 valence electrons. The van der Waals surface area contributed by atoms with Gasteiger partial charge in [-0.25, -0.2) is 4.79 Å². The van der Waals surface area contributed by atoms with Crippen LogP contribution in [0.15, 0.2) is 24.4 Å². The Hall–Kier alpha value is -1.29. The molecule has 4 nitrogen and oxygen atoms in total. The second-order valence-corrected chi connectivity index (χ2v) is 7.91. The Morgan fingerprint density at radius 2 is 1.95 bits per heavy atom. The molecule has 4 aliphatic carbocycles. The molecular formula is C17H25N3O. The summed E-state index contributed by atoms with van der Waals surface area (Å²) in [6, 6.07) is 0.157. The zero-order valence-corrected chi connectivity index (χ0v) is 12.7. The lowest BCUT2D eigenvalue weighted by molar-refractivity contribution is -0.0312. The van der Waals surface area contributed by atoms with Crippen molar-refractivity contribution in [3.05, 3.63) is 24.4 Å². The van der Waals surface area contributed by atoms with Crippen LogP contribution in [0.4, 0.5) is 4.79 Å². The van der Waals surface area contributed by atoms with Crippen molar-refractivity contribution in [1.82, 2.24) is 10.2 Å². The van der Waals surface area contributed by atoms with Crippen molar-refractivity contribution in [2.24, 2.45) is 17.6 Å². The van der Waals surface area contributed by atoms with Gasteiger partial charge in [0.2, 0.25) is 0 Å².